The van der Waals surface area contributed by atoms with Crippen molar-refractivity contribution in [3.05, 3.63) is 59.2 Å². The molecular weight excluding hydrogens is 290 g/mol. The van der Waals surface area contributed by atoms with Crippen LogP contribution in [0.5, 0.6) is 5.75 Å². The molecule has 0 radical (unpaired) electrons. The van der Waals surface area contributed by atoms with Gasteiger partial charge in [0.15, 0.2) is 12.9 Å². The summed E-state index contributed by atoms with van der Waals surface area (Å²) in [5.74, 6) is 0.354. The van der Waals surface area contributed by atoms with Gasteiger partial charge in [-0.2, -0.15) is 0 Å². The second kappa shape index (κ2) is 6.65. The molecule has 118 valence electrons. The molecule has 1 aliphatic rings. The highest BCUT2D eigenvalue weighted by Gasteiger charge is 2.23. The van der Waals surface area contributed by atoms with Crippen molar-refractivity contribution >= 4 is 17.9 Å². The second-order valence-corrected chi connectivity index (χ2v) is 5.73. The van der Waals surface area contributed by atoms with Gasteiger partial charge in [-0.15, -0.1) is 0 Å². The largest absolute Gasteiger partial charge is 0.483 e. The molecule has 0 aromatic heterocycles. The maximum absolute atomic E-state index is 12.5. The van der Waals surface area contributed by atoms with E-state index < -0.39 is 0 Å². The summed E-state index contributed by atoms with van der Waals surface area (Å²) < 4.78 is 5.56. The van der Waals surface area contributed by atoms with Crippen molar-refractivity contribution in [3.8, 4) is 5.75 Å². The van der Waals surface area contributed by atoms with E-state index in [2.05, 4.69) is 13.0 Å². The first-order valence-corrected chi connectivity index (χ1v) is 7.76. The van der Waals surface area contributed by atoms with Crippen LogP contribution in [-0.4, -0.2) is 25.3 Å². The van der Waals surface area contributed by atoms with Crippen molar-refractivity contribution in [3.63, 3.8) is 0 Å². The number of hydrogen-bond donors (Lipinski definition) is 0. The molecular formula is C19H19NO3. The molecule has 0 spiro atoms. The molecule has 2 aromatic rings. The summed E-state index contributed by atoms with van der Waals surface area (Å²) in [4.78, 5) is 25.3. The zero-order valence-electron chi connectivity index (χ0n) is 13.1. The molecule has 1 aliphatic heterocycles. The zero-order valence-corrected chi connectivity index (χ0v) is 13.1. The number of rotatable bonds is 4. The van der Waals surface area contributed by atoms with Crippen LogP contribution in [0.1, 0.15) is 27.9 Å². The predicted molar refractivity (Wildman–Crippen MR) is 89.2 cm³/mol. The van der Waals surface area contributed by atoms with E-state index in [0.717, 1.165) is 24.8 Å². The standard InChI is InChI=1S/C19H19NO3/c1-14-8-9-17-15(11-14)6-4-10-20(17)19(22)13-23-18-7-3-2-5-16(18)12-21/h2-3,5,7-9,11-12H,4,6,10,13H2,1H3. The van der Waals surface area contributed by atoms with Gasteiger partial charge in [0, 0.05) is 12.2 Å². The Morgan fingerprint density at radius 3 is 2.91 bits per heavy atom. The Morgan fingerprint density at radius 1 is 1.26 bits per heavy atom. The highest BCUT2D eigenvalue weighted by molar-refractivity contribution is 5.95. The van der Waals surface area contributed by atoms with Crippen LogP contribution in [-0.2, 0) is 11.2 Å². The molecule has 0 fully saturated rings. The molecule has 0 bridgehead atoms. The summed E-state index contributed by atoms with van der Waals surface area (Å²) >= 11 is 0. The van der Waals surface area contributed by atoms with Crippen LogP contribution < -0.4 is 9.64 Å². The Morgan fingerprint density at radius 2 is 2.09 bits per heavy atom. The van der Waals surface area contributed by atoms with E-state index >= 15 is 0 Å². The number of fused-ring (bicyclic) bond motifs is 1. The number of aldehydes is 1. The molecule has 0 saturated heterocycles. The number of amides is 1. The minimum Gasteiger partial charge on any atom is -0.483 e. The van der Waals surface area contributed by atoms with Gasteiger partial charge in [0.1, 0.15) is 5.75 Å². The number of hydrogen-bond acceptors (Lipinski definition) is 3. The lowest BCUT2D eigenvalue weighted by Crippen LogP contribution is -2.38. The molecule has 3 rings (SSSR count). The van der Waals surface area contributed by atoms with Crippen LogP contribution in [0.2, 0.25) is 0 Å². The number of nitrogens with zero attached hydrogens (tertiary/aromatic N) is 1. The molecule has 0 unspecified atom stereocenters. The highest BCUT2D eigenvalue weighted by atomic mass is 16.5. The summed E-state index contributed by atoms with van der Waals surface area (Å²) in [7, 11) is 0. The van der Waals surface area contributed by atoms with Crippen molar-refractivity contribution in [2.75, 3.05) is 18.1 Å². The lowest BCUT2D eigenvalue weighted by Gasteiger charge is -2.29. The molecule has 1 heterocycles. The predicted octanol–water partition coefficient (Wildman–Crippen LogP) is 3.17. The number of benzene rings is 2. The van der Waals surface area contributed by atoms with Crippen molar-refractivity contribution in [1.82, 2.24) is 0 Å². The molecule has 0 N–H and O–H groups in total. The second-order valence-electron chi connectivity index (χ2n) is 5.73. The first kappa shape index (κ1) is 15.3. The van der Waals surface area contributed by atoms with Gasteiger partial charge in [0.2, 0.25) is 0 Å². The third-order valence-corrected chi connectivity index (χ3v) is 4.05. The molecule has 0 aliphatic carbocycles. The van der Waals surface area contributed by atoms with E-state index in [1.165, 1.54) is 11.1 Å². The van der Waals surface area contributed by atoms with Gasteiger partial charge in [-0.05, 0) is 43.5 Å². The zero-order chi connectivity index (χ0) is 16.2. The first-order valence-electron chi connectivity index (χ1n) is 7.76. The van der Waals surface area contributed by atoms with Gasteiger partial charge in [-0.25, -0.2) is 0 Å². The Labute approximate surface area is 135 Å². The van der Waals surface area contributed by atoms with Gasteiger partial charge in [-0.3, -0.25) is 9.59 Å². The van der Waals surface area contributed by atoms with E-state index in [9.17, 15) is 9.59 Å². The van der Waals surface area contributed by atoms with Gasteiger partial charge < -0.3 is 9.64 Å². The Balaban J connectivity index is 1.74. The van der Waals surface area contributed by atoms with E-state index in [1.807, 2.05) is 12.1 Å². The summed E-state index contributed by atoms with van der Waals surface area (Å²) in [6.45, 7) is 2.69. The average molecular weight is 309 g/mol. The Hall–Kier alpha value is -2.62. The maximum atomic E-state index is 12.5. The van der Waals surface area contributed by atoms with Crippen molar-refractivity contribution in [1.29, 1.82) is 0 Å². The van der Waals surface area contributed by atoms with Crippen molar-refractivity contribution in [2.45, 2.75) is 19.8 Å². The van der Waals surface area contributed by atoms with Crippen LogP contribution in [0.3, 0.4) is 0 Å². The van der Waals surface area contributed by atoms with Crippen LogP contribution in [0.25, 0.3) is 0 Å². The van der Waals surface area contributed by atoms with Crippen LogP contribution in [0.4, 0.5) is 5.69 Å². The lowest BCUT2D eigenvalue weighted by atomic mass is 9.99. The van der Waals surface area contributed by atoms with E-state index in [4.69, 9.17) is 4.74 Å². The third kappa shape index (κ3) is 3.26. The number of aryl methyl sites for hydroxylation is 2. The molecule has 2 aromatic carbocycles. The molecule has 4 heteroatoms. The first-order chi connectivity index (χ1) is 11.2. The normalized spacial score (nSPS) is 13.3. The number of para-hydroxylation sites is 1. The topological polar surface area (TPSA) is 46.6 Å². The number of carbonyl (C=O) groups is 2. The number of carbonyl (C=O) groups excluding carboxylic acids is 2. The SMILES string of the molecule is Cc1ccc2c(c1)CCCN2C(=O)COc1ccccc1C=O. The van der Waals surface area contributed by atoms with Crippen LogP contribution in [0, 0.1) is 6.92 Å². The molecule has 0 atom stereocenters. The quantitative estimate of drug-likeness (QED) is 0.815. The fourth-order valence-corrected chi connectivity index (χ4v) is 2.91. The average Bonchev–Trinajstić information content (AvgIpc) is 2.59. The Bertz CT molecular complexity index is 739. The third-order valence-electron chi connectivity index (χ3n) is 4.05. The van der Waals surface area contributed by atoms with Crippen LogP contribution >= 0.6 is 0 Å². The highest BCUT2D eigenvalue weighted by Crippen LogP contribution is 2.28. The van der Waals surface area contributed by atoms with E-state index in [-0.39, 0.29) is 12.5 Å². The number of ether oxygens (including phenoxy) is 1. The minimum atomic E-state index is -0.0875. The number of anilines is 1. The lowest BCUT2D eigenvalue weighted by molar-refractivity contribution is -0.120. The Kier molecular flexibility index (Phi) is 4.42. The fraction of sp³-hybridized carbons (Fsp3) is 0.263. The molecule has 0 saturated carbocycles. The summed E-state index contributed by atoms with van der Waals surface area (Å²) in [6, 6.07) is 13.1. The van der Waals surface area contributed by atoms with E-state index in [1.54, 1.807) is 29.2 Å². The summed E-state index contributed by atoms with van der Waals surface area (Å²) in [6.07, 6.45) is 2.68. The van der Waals surface area contributed by atoms with Crippen molar-refractivity contribution < 1.29 is 14.3 Å². The monoisotopic (exact) mass is 309 g/mol. The van der Waals surface area contributed by atoms with Crippen molar-refractivity contribution in [2.24, 2.45) is 0 Å². The van der Waals surface area contributed by atoms with Gasteiger partial charge in [-0.1, -0.05) is 29.8 Å². The van der Waals surface area contributed by atoms with Gasteiger partial charge >= 0.3 is 0 Å². The smallest absolute Gasteiger partial charge is 0.264 e. The van der Waals surface area contributed by atoms with E-state index in [0.29, 0.717) is 17.9 Å². The van der Waals surface area contributed by atoms with Gasteiger partial charge in [0.05, 0.1) is 5.56 Å². The summed E-state index contributed by atoms with van der Waals surface area (Å²) in [5.41, 5.74) is 3.83. The molecule has 23 heavy (non-hydrogen) atoms. The van der Waals surface area contributed by atoms with Crippen LogP contribution in [0.15, 0.2) is 42.5 Å². The summed E-state index contributed by atoms with van der Waals surface area (Å²) in [5, 5.41) is 0. The van der Waals surface area contributed by atoms with Gasteiger partial charge in [0.25, 0.3) is 5.91 Å². The fourth-order valence-electron chi connectivity index (χ4n) is 2.91. The molecule has 1 amide bonds. The molecule has 4 nitrogen and oxygen atoms in total. The maximum Gasteiger partial charge on any atom is 0.264 e. The minimum absolute atomic E-state index is 0.0713.